The normalized spacial score (nSPS) is 15.1. The van der Waals surface area contributed by atoms with E-state index in [0.717, 1.165) is 0 Å². The summed E-state index contributed by atoms with van der Waals surface area (Å²) in [4.78, 5) is 106. The van der Waals surface area contributed by atoms with Crippen molar-refractivity contribution in [2.24, 2.45) is 23.3 Å². The van der Waals surface area contributed by atoms with Gasteiger partial charge in [-0.3, -0.25) is 38.6 Å². The highest BCUT2D eigenvalue weighted by atomic mass is 31.2. The lowest BCUT2D eigenvalue weighted by Crippen LogP contribution is -2.61. The molecule has 0 aliphatic heterocycles. The van der Waals surface area contributed by atoms with E-state index in [1.165, 1.54) is 31.2 Å². The van der Waals surface area contributed by atoms with E-state index in [1.807, 2.05) is 0 Å². The molecule has 0 spiro atoms. The number of benzene rings is 1. The highest BCUT2D eigenvalue weighted by Gasteiger charge is 2.34. The minimum absolute atomic E-state index is 0.175. The number of hydrogen-bond donors (Lipinski definition) is 10. The number of nitrogens with one attached hydrogen (secondary N) is 5. The average Bonchev–Trinajstić information content (AvgIpc) is 3.00. The summed E-state index contributed by atoms with van der Waals surface area (Å²) in [5.41, 5.74) is 11.3. The largest absolute Gasteiger partial charge is 0.524 e. The van der Waals surface area contributed by atoms with Crippen LogP contribution in [0.3, 0.4) is 0 Å². The molecule has 0 heterocycles. The van der Waals surface area contributed by atoms with Gasteiger partial charge in [0.1, 0.15) is 42.2 Å². The summed E-state index contributed by atoms with van der Waals surface area (Å²) >= 11 is 0. The molecule has 6 amide bonds. The van der Waals surface area contributed by atoms with Crippen molar-refractivity contribution in [2.75, 3.05) is 6.61 Å². The molecular formula is C29H46N7O12P. The second-order valence-electron chi connectivity index (χ2n) is 11.9. The van der Waals surface area contributed by atoms with Gasteiger partial charge in [-0.25, -0.2) is 4.57 Å². The predicted molar refractivity (Wildman–Crippen MR) is 173 cm³/mol. The first-order chi connectivity index (χ1) is 22.7. The van der Waals surface area contributed by atoms with Gasteiger partial charge in [-0.15, -0.1) is 0 Å². The summed E-state index contributed by atoms with van der Waals surface area (Å²) in [6.07, 6.45) is -0.398. The number of amides is 6. The second-order valence-corrected chi connectivity index (χ2v) is 13.1. The smallest absolute Gasteiger partial charge is 0.404 e. The number of aliphatic hydroxyl groups is 1. The van der Waals surface area contributed by atoms with Crippen LogP contribution in [0.15, 0.2) is 24.3 Å². The fourth-order valence-corrected chi connectivity index (χ4v) is 4.62. The van der Waals surface area contributed by atoms with Crippen LogP contribution in [-0.4, -0.2) is 99.5 Å². The number of hydrogen-bond acceptors (Lipinski definition) is 11. The highest BCUT2D eigenvalue weighted by molar-refractivity contribution is 7.46. The van der Waals surface area contributed by atoms with Crippen molar-refractivity contribution in [3.8, 4) is 5.75 Å². The Kier molecular flexibility index (Phi) is 17.0. The molecule has 12 N–H and O–H groups in total. The van der Waals surface area contributed by atoms with E-state index in [2.05, 4.69) is 31.1 Å². The van der Waals surface area contributed by atoms with Crippen LogP contribution >= 0.6 is 7.82 Å². The molecule has 0 aromatic heterocycles. The van der Waals surface area contributed by atoms with Crippen molar-refractivity contribution in [3.05, 3.63) is 29.8 Å². The number of carbonyl (C=O) groups is 7. The molecule has 0 saturated heterocycles. The lowest BCUT2D eigenvalue weighted by Gasteiger charge is -2.28. The Morgan fingerprint density at radius 1 is 0.776 bits per heavy atom. The number of aliphatic hydroxyl groups excluding tert-OH is 1. The molecule has 0 aliphatic carbocycles. The summed E-state index contributed by atoms with van der Waals surface area (Å²) in [5.74, 6) is -6.57. The van der Waals surface area contributed by atoms with Gasteiger partial charge in [-0.05, 0) is 36.5 Å². The quantitative estimate of drug-likeness (QED) is 0.0472. The third-order valence-electron chi connectivity index (χ3n) is 6.86. The summed E-state index contributed by atoms with van der Waals surface area (Å²) in [7, 11) is -4.84. The zero-order valence-corrected chi connectivity index (χ0v) is 28.6. The minimum Gasteiger partial charge on any atom is -0.404 e. The number of primary amides is 1. The van der Waals surface area contributed by atoms with Gasteiger partial charge in [0.15, 0.2) is 0 Å². The van der Waals surface area contributed by atoms with Crippen molar-refractivity contribution < 1.29 is 57.5 Å². The van der Waals surface area contributed by atoms with Crippen molar-refractivity contribution in [1.82, 2.24) is 26.6 Å². The number of nitrogens with two attached hydrogens (primary N) is 2. The molecule has 1 rings (SSSR count). The van der Waals surface area contributed by atoms with Gasteiger partial charge in [0.25, 0.3) is 0 Å². The SMILES string of the molecule is CC(C)[C@H](NC(=O)[C@H](Cc1ccc(OP(=O)(O)O)cc1)NC(=O)[C@@H](N)CO)C(=O)N[C@@H](CC(N)=O)C(=O)N[C@H](C(=O)N[C@@H](C)C=O)C(C)C. The molecule has 0 aliphatic rings. The second kappa shape index (κ2) is 19.5. The Morgan fingerprint density at radius 2 is 1.24 bits per heavy atom. The number of aldehydes is 1. The topological polar surface area (TPSA) is 319 Å². The van der Waals surface area contributed by atoms with Crippen molar-refractivity contribution in [3.63, 3.8) is 0 Å². The molecule has 0 unspecified atom stereocenters. The average molecular weight is 716 g/mol. The number of carbonyl (C=O) groups excluding carboxylic acids is 7. The summed E-state index contributed by atoms with van der Waals surface area (Å²) < 4.78 is 15.6. The minimum atomic E-state index is -4.84. The monoisotopic (exact) mass is 715 g/mol. The molecule has 0 fully saturated rings. The van der Waals surface area contributed by atoms with Gasteiger partial charge in [0.2, 0.25) is 35.4 Å². The van der Waals surface area contributed by atoms with Crippen LogP contribution in [0.5, 0.6) is 5.75 Å². The Balaban J connectivity index is 3.26. The fraction of sp³-hybridized carbons (Fsp3) is 0.552. The van der Waals surface area contributed by atoms with E-state index in [4.69, 9.17) is 21.3 Å². The summed E-state index contributed by atoms with van der Waals surface area (Å²) in [6.45, 7) is 7.05. The first-order valence-corrected chi connectivity index (χ1v) is 16.7. The number of rotatable bonds is 20. The zero-order chi connectivity index (χ0) is 37.6. The van der Waals surface area contributed by atoms with Gasteiger partial charge in [-0.1, -0.05) is 39.8 Å². The van der Waals surface area contributed by atoms with Crippen LogP contribution < -0.4 is 42.6 Å². The molecular weight excluding hydrogens is 669 g/mol. The maximum absolute atomic E-state index is 13.5. The first kappa shape index (κ1) is 42.6. The Bertz CT molecular complexity index is 1390. The van der Waals surface area contributed by atoms with Crippen molar-refractivity contribution in [1.29, 1.82) is 0 Å². The lowest BCUT2D eigenvalue weighted by molar-refractivity contribution is -0.136. The van der Waals surface area contributed by atoms with E-state index in [9.17, 15) is 43.2 Å². The maximum Gasteiger partial charge on any atom is 0.524 e. The van der Waals surface area contributed by atoms with Gasteiger partial charge in [0, 0.05) is 6.42 Å². The van der Waals surface area contributed by atoms with Crippen LogP contribution in [0.2, 0.25) is 0 Å². The van der Waals surface area contributed by atoms with Crippen LogP contribution in [0.25, 0.3) is 0 Å². The van der Waals surface area contributed by atoms with Crippen LogP contribution in [0, 0.1) is 11.8 Å². The molecule has 49 heavy (non-hydrogen) atoms. The number of phosphoric ester groups is 1. The molecule has 0 bridgehead atoms. The van der Waals surface area contributed by atoms with Crippen molar-refractivity contribution >= 4 is 49.6 Å². The predicted octanol–water partition coefficient (Wildman–Crippen LogP) is -3.15. The van der Waals surface area contributed by atoms with Crippen LogP contribution in [-0.2, 0) is 44.5 Å². The van der Waals surface area contributed by atoms with E-state index < -0.39 is 104 Å². The summed E-state index contributed by atoms with van der Waals surface area (Å²) in [6, 6.07) is -2.55. The molecule has 274 valence electrons. The zero-order valence-electron chi connectivity index (χ0n) is 27.7. The molecule has 19 nitrogen and oxygen atoms in total. The Hall–Kier alpha value is -4.42. The van der Waals surface area contributed by atoms with E-state index in [-0.39, 0.29) is 12.2 Å². The third kappa shape index (κ3) is 15.1. The Labute approximate surface area is 282 Å². The first-order valence-electron chi connectivity index (χ1n) is 15.1. The highest BCUT2D eigenvalue weighted by Crippen LogP contribution is 2.37. The summed E-state index contributed by atoms with van der Waals surface area (Å²) in [5, 5.41) is 21.4. The molecule has 1 aromatic carbocycles. The molecule has 6 atom stereocenters. The van der Waals surface area contributed by atoms with Gasteiger partial charge in [0.05, 0.1) is 19.1 Å². The van der Waals surface area contributed by atoms with Gasteiger partial charge >= 0.3 is 7.82 Å². The Morgan fingerprint density at radius 3 is 1.67 bits per heavy atom. The van der Waals surface area contributed by atoms with E-state index in [0.29, 0.717) is 11.8 Å². The molecule has 0 saturated carbocycles. The van der Waals surface area contributed by atoms with Gasteiger partial charge < -0.3 is 52.5 Å². The van der Waals surface area contributed by atoms with Crippen LogP contribution in [0.4, 0.5) is 0 Å². The number of phosphoric acid groups is 1. The van der Waals surface area contributed by atoms with Gasteiger partial charge in [-0.2, -0.15) is 0 Å². The molecule has 20 heteroatoms. The van der Waals surface area contributed by atoms with Crippen LogP contribution in [0.1, 0.15) is 46.6 Å². The van der Waals surface area contributed by atoms with E-state index in [1.54, 1.807) is 27.7 Å². The van der Waals surface area contributed by atoms with Crippen molar-refractivity contribution in [2.45, 2.75) is 83.7 Å². The molecule has 1 aromatic rings. The maximum atomic E-state index is 13.5. The fourth-order valence-electron chi connectivity index (χ4n) is 4.23. The lowest BCUT2D eigenvalue weighted by atomic mass is 9.99. The third-order valence-corrected chi connectivity index (χ3v) is 7.31. The standard InChI is InChI=1S/C29H46N7O12P/c1-14(2)23(28(43)32-16(5)12-37)35-27(42)21(11-22(31)39)34-29(44)24(15(3)4)36-26(41)20(33-25(40)19(30)13-38)10-17-6-8-18(9-7-17)48-49(45,46)47/h6-9,12,14-16,19-21,23-24,38H,10-11,13,30H2,1-5H3,(H2,31,39)(H,32,43)(H,33,40)(H,34,44)(H,35,42)(H,36,41)(H2,45,46,47)/t16-,19-,20-,21-,23-,24-/m0/s1. The van der Waals surface area contributed by atoms with E-state index >= 15 is 0 Å². The molecule has 0 radical (unpaired) electrons.